The molecule has 0 unspecified atom stereocenters. The quantitative estimate of drug-likeness (QED) is 0.454. The van der Waals surface area contributed by atoms with Crippen molar-refractivity contribution >= 4 is 21.6 Å². The van der Waals surface area contributed by atoms with Gasteiger partial charge >= 0.3 is 0 Å². The Morgan fingerprint density at radius 2 is 1.60 bits per heavy atom. The molecule has 0 saturated carbocycles. The van der Waals surface area contributed by atoms with Crippen LogP contribution in [-0.4, -0.2) is 41.7 Å². The van der Waals surface area contributed by atoms with Crippen molar-refractivity contribution in [2.75, 3.05) is 17.8 Å². The molecule has 0 fully saturated rings. The van der Waals surface area contributed by atoms with Crippen LogP contribution in [-0.2, 0) is 17.1 Å². The fraction of sp³-hybridized carbons (Fsp3) is 0.385. The zero-order valence-corrected chi connectivity index (χ0v) is 21.8. The Balaban J connectivity index is 1.86. The highest BCUT2D eigenvalue weighted by atomic mass is 32.2. The van der Waals surface area contributed by atoms with Crippen molar-refractivity contribution in [3.63, 3.8) is 0 Å². The number of sulfonamides is 1. The van der Waals surface area contributed by atoms with Crippen LogP contribution in [0.4, 0.5) is 5.69 Å². The smallest absolute Gasteiger partial charge is 0.296 e. The second kappa shape index (κ2) is 10.9. The summed E-state index contributed by atoms with van der Waals surface area (Å²) in [7, 11) is -2.34. The van der Waals surface area contributed by atoms with Crippen LogP contribution >= 0.6 is 0 Å². The topological polar surface area (TPSA) is 93.4 Å². The zero-order chi connectivity index (χ0) is 25.8. The van der Waals surface area contributed by atoms with E-state index in [1.165, 1.54) is 28.9 Å². The fourth-order valence-corrected chi connectivity index (χ4v) is 5.17. The van der Waals surface area contributed by atoms with Gasteiger partial charge in [-0.05, 0) is 56.2 Å². The molecule has 1 aromatic heterocycles. The van der Waals surface area contributed by atoms with E-state index in [1.54, 1.807) is 47.8 Å². The molecular weight excluding hydrogens is 464 g/mol. The van der Waals surface area contributed by atoms with Crippen molar-refractivity contribution in [1.29, 1.82) is 0 Å². The van der Waals surface area contributed by atoms with Crippen molar-refractivity contribution in [3.05, 3.63) is 76.2 Å². The van der Waals surface area contributed by atoms with Gasteiger partial charge in [-0.3, -0.25) is 19.0 Å². The third-order valence-corrected chi connectivity index (χ3v) is 7.87. The Hall–Kier alpha value is -3.33. The number of para-hydroxylation sites is 1. The van der Waals surface area contributed by atoms with Crippen LogP contribution < -0.4 is 10.3 Å². The molecule has 188 valence electrons. The first-order valence-corrected chi connectivity index (χ1v) is 13.4. The summed E-state index contributed by atoms with van der Waals surface area (Å²) in [6.07, 6.45) is 1.99. The van der Waals surface area contributed by atoms with Crippen LogP contribution in [0, 0.1) is 12.8 Å². The summed E-state index contributed by atoms with van der Waals surface area (Å²) in [5.74, 6) is 0.303. The Bertz CT molecular complexity index is 1320. The molecule has 0 atom stereocenters. The van der Waals surface area contributed by atoms with E-state index in [4.69, 9.17) is 0 Å². The third-order valence-electron chi connectivity index (χ3n) is 6.50. The molecule has 3 rings (SSSR count). The molecule has 0 radical (unpaired) electrons. The largest absolute Gasteiger partial charge is 0.339 e. The number of hydrogen-bond donors (Lipinski definition) is 1. The number of carbonyl (C=O) groups is 1. The second-order valence-electron chi connectivity index (χ2n) is 8.59. The van der Waals surface area contributed by atoms with E-state index in [9.17, 15) is 18.0 Å². The first-order chi connectivity index (χ1) is 16.6. The molecule has 0 bridgehead atoms. The lowest BCUT2D eigenvalue weighted by atomic mass is 10.0. The van der Waals surface area contributed by atoms with Crippen LogP contribution in [0.1, 0.15) is 49.7 Å². The van der Waals surface area contributed by atoms with E-state index in [0.717, 1.165) is 12.8 Å². The molecule has 0 spiro atoms. The number of carbonyl (C=O) groups excluding carboxylic acids is 1. The lowest BCUT2D eigenvalue weighted by Crippen LogP contribution is -2.35. The molecular formula is C26H34N4O4S. The Labute approximate surface area is 207 Å². The van der Waals surface area contributed by atoms with Gasteiger partial charge in [0.2, 0.25) is 0 Å². The van der Waals surface area contributed by atoms with Crippen LogP contribution in [0.15, 0.2) is 64.3 Å². The summed E-state index contributed by atoms with van der Waals surface area (Å²) in [6, 6.07) is 14.8. The molecule has 8 nitrogen and oxygen atoms in total. The average molecular weight is 499 g/mol. The van der Waals surface area contributed by atoms with Gasteiger partial charge in [-0.1, -0.05) is 44.9 Å². The van der Waals surface area contributed by atoms with E-state index in [1.807, 2.05) is 13.0 Å². The monoisotopic (exact) mass is 498 g/mol. The van der Waals surface area contributed by atoms with Gasteiger partial charge in [0.1, 0.15) is 5.69 Å². The minimum absolute atomic E-state index is 0.0150. The van der Waals surface area contributed by atoms with E-state index >= 15 is 0 Å². The lowest BCUT2D eigenvalue weighted by molar-refractivity contribution is 0.0735. The summed E-state index contributed by atoms with van der Waals surface area (Å²) in [4.78, 5) is 27.8. The number of amides is 1. The maximum atomic E-state index is 13.1. The number of rotatable bonds is 10. The van der Waals surface area contributed by atoms with Gasteiger partial charge in [-0.2, -0.15) is 0 Å². The molecule has 35 heavy (non-hydrogen) atoms. The zero-order valence-electron chi connectivity index (χ0n) is 21.0. The van der Waals surface area contributed by atoms with Crippen molar-refractivity contribution in [3.8, 4) is 5.69 Å². The highest BCUT2D eigenvalue weighted by molar-refractivity contribution is 7.92. The van der Waals surface area contributed by atoms with Crippen LogP contribution in [0.3, 0.4) is 0 Å². The SMILES string of the molecule is CCC(CC)CN(CC)C(=O)c1ccc(S(=O)(=O)Nc2c(C)n(C)n(-c3ccccc3)c2=O)cc1. The van der Waals surface area contributed by atoms with Gasteiger partial charge in [-0.25, -0.2) is 13.1 Å². The fourth-order valence-electron chi connectivity index (χ4n) is 4.05. The van der Waals surface area contributed by atoms with Crippen LogP contribution in [0.5, 0.6) is 0 Å². The highest BCUT2D eigenvalue weighted by Crippen LogP contribution is 2.20. The number of nitrogens with one attached hydrogen (secondary N) is 1. The number of anilines is 1. The molecule has 1 N–H and O–H groups in total. The molecule has 2 aromatic carbocycles. The Morgan fingerprint density at radius 3 is 2.14 bits per heavy atom. The Kier molecular flexibility index (Phi) is 8.22. The van der Waals surface area contributed by atoms with Crippen molar-refractivity contribution in [1.82, 2.24) is 14.3 Å². The van der Waals surface area contributed by atoms with Gasteiger partial charge in [-0.15, -0.1) is 0 Å². The molecule has 0 aliphatic carbocycles. The van der Waals surface area contributed by atoms with Crippen LogP contribution in [0.25, 0.3) is 5.69 Å². The predicted octanol–water partition coefficient (Wildman–Crippen LogP) is 4.18. The summed E-state index contributed by atoms with van der Waals surface area (Å²) >= 11 is 0. The first kappa shape index (κ1) is 26.3. The van der Waals surface area contributed by atoms with Crippen molar-refractivity contribution in [2.24, 2.45) is 13.0 Å². The molecule has 0 aliphatic heterocycles. The second-order valence-corrected chi connectivity index (χ2v) is 10.3. The third kappa shape index (κ3) is 5.51. The van der Waals surface area contributed by atoms with Gasteiger partial charge in [0.15, 0.2) is 0 Å². The van der Waals surface area contributed by atoms with Crippen molar-refractivity contribution in [2.45, 2.75) is 45.4 Å². The number of hydrogen-bond acceptors (Lipinski definition) is 4. The number of aromatic nitrogens is 2. The van der Waals surface area contributed by atoms with Gasteiger partial charge in [0.05, 0.1) is 16.3 Å². The molecule has 1 amide bonds. The lowest BCUT2D eigenvalue weighted by Gasteiger charge is -2.25. The number of benzene rings is 2. The normalized spacial score (nSPS) is 11.6. The highest BCUT2D eigenvalue weighted by Gasteiger charge is 2.23. The minimum Gasteiger partial charge on any atom is -0.339 e. The number of nitrogens with zero attached hydrogens (tertiary/aromatic N) is 3. The van der Waals surface area contributed by atoms with E-state index in [-0.39, 0.29) is 16.5 Å². The maximum absolute atomic E-state index is 13.1. The first-order valence-electron chi connectivity index (χ1n) is 11.9. The van der Waals surface area contributed by atoms with Crippen molar-refractivity contribution < 1.29 is 13.2 Å². The van der Waals surface area contributed by atoms with Gasteiger partial charge < -0.3 is 4.90 Å². The van der Waals surface area contributed by atoms with Gasteiger partial charge in [0, 0.05) is 25.7 Å². The molecule has 0 aliphatic rings. The average Bonchev–Trinajstić information content (AvgIpc) is 3.07. The minimum atomic E-state index is -4.04. The van der Waals surface area contributed by atoms with E-state index in [0.29, 0.717) is 36.0 Å². The predicted molar refractivity (Wildman–Crippen MR) is 139 cm³/mol. The van der Waals surface area contributed by atoms with E-state index < -0.39 is 15.6 Å². The Morgan fingerprint density at radius 1 is 1.00 bits per heavy atom. The maximum Gasteiger partial charge on any atom is 0.296 e. The standard InChI is InChI=1S/C26H34N4O4S/c1-6-20(7-2)18-29(8-3)25(31)21-14-16-23(17-15-21)35(33,34)27-24-19(4)28(5)30(26(24)32)22-12-10-9-11-13-22/h9-17,20,27H,6-8,18H2,1-5H3. The molecule has 9 heteroatoms. The summed E-state index contributed by atoms with van der Waals surface area (Å²) in [6.45, 7) is 9.10. The van der Waals surface area contributed by atoms with Crippen LogP contribution in [0.2, 0.25) is 0 Å². The molecule has 3 aromatic rings. The van der Waals surface area contributed by atoms with Gasteiger partial charge in [0.25, 0.3) is 21.5 Å². The summed E-state index contributed by atoms with van der Waals surface area (Å²) in [5, 5.41) is 0. The molecule has 0 saturated heterocycles. The summed E-state index contributed by atoms with van der Waals surface area (Å²) < 4.78 is 31.7. The summed E-state index contributed by atoms with van der Waals surface area (Å²) in [5.41, 5.74) is 1.06. The molecule has 1 heterocycles. The van der Waals surface area contributed by atoms with E-state index in [2.05, 4.69) is 18.6 Å².